The van der Waals surface area contributed by atoms with E-state index >= 15 is 0 Å². The summed E-state index contributed by atoms with van der Waals surface area (Å²) in [6, 6.07) is 17.3. The van der Waals surface area contributed by atoms with Crippen molar-refractivity contribution in [2.24, 2.45) is 5.92 Å². The molecular formula is C25H31N3O3. The van der Waals surface area contributed by atoms with Crippen LogP contribution in [0.1, 0.15) is 52.1 Å². The first-order valence-electron chi connectivity index (χ1n) is 10.8. The molecule has 0 aliphatic carbocycles. The summed E-state index contributed by atoms with van der Waals surface area (Å²) in [5.74, 6) is -0.280. The lowest BCUT2D eigenvalue weighted by atomic mass is 9.92. The molecule has 2 aromatic carbocycles. The Morgan fingerprint density at radius 2 is 1.61 bits per heavy atom. The first kappa shape index (κ1) is 22.5. The highest BCUT2D eigenvalue weighted by Gasteiger charge is 2.47. The minimum atomic E-state index is -0.944. The number of hydrogen-bond acceptors (Lipinski definition) is 3. The highest BCUT2D eigenvalue weighted by molar-refractivity contribution is 6.08. The Kier molecular flexibility index (Phi) is 6.78. The molecular weight excluding hydrogens is 390 g/mol. The fourth-order valence-corrected chi connectivity index (χ4v) is 3.75. The van der Waals surface area contributed by atoms with Crippen LogP contribution in [-0.2, 0) is 9.59 Å². The molecule has 1 aliphatic heterocycles. The Morgan fingerprint density at radius 1 is 1.00 bits per heavy atom. The highest BCUT2D eigenvalue weighted by Crippen LogP contribution is 2.25. The van der Waals surface area contributed by atoms with E-state index in [4.69, 9.17) is 0 Å². The Labute approximate surface area is 184 Å². The molecule has 0 radical (unpaired) electrons. The van der Waals surface area contributed by atoms with Crippen LogP contribution in [0.4, 0.5) is 4.79 Å². The maximum absolute atomic E-state index is 12.8. The fourth-order valence-electron chi connectivity index (χ4n) is 3.75. The second-order valence-corrected chi connectivity index (χ2v) is 8.86. The third-order valence-electron chi connectivity index (χ3n) is 5.76. The van der Waals surface area contributed by atoms with Crippen LogP contribution in [-0.4, -0.2) is 34.8 Å². The van der Waals surface area contributed by atoms with Crippen molar-refractivity contribution in [2.45, 2.75) is 52.1 Å². The van der Waals surface area contributed by atoms with E-state index < -0.39 is 11.6 Å². The molecule has 6 heteroatoms. The first-order valence-corrected chi connectivity index (χ1v) is 10.8. The van der Waals surface area contributed by atoms with Crippen molar-refractivity contribution in [1.29, 1.82) is 0 Å². The molecule has 0 spiro atoms. The van der Waals surface area contributed by atoms with Crippen LogP contribution in [0.3, 0.4) is 0 Å². The first-order chi connectivity index (χ1) is 14.7. The number of rotatable bonds is 8. The zero-order valence-electron chi connectivity index (χ0n) is 18.6. The number of amides is 4. The normalized spacial score (nSPS) is 19.5. The van der Waals surface area contributed by atoms with Gasteiger partial charge >= 0.3 is 6.03 Å². The van der Waals surface area contributed by atoms with Gasteiger partial charge in [0, 0.05) is 0 Å². The van der Waals surface area contributed by atoms with Crippen LogP contribution in [0.2, 0.25) is 0 Å². The molecule has 2 atom stereocenters. The Hall–Kier alpha value is -3.15. The molecule has 6 nitrogen and oxygen atoms in total. The van der Waals surface area contributed by atoms with E-state index in [2.05, 4.69) is 24.5 Å². The number of benzene rings is 2. The van der Waals surface area contributed by atoms with Gasteiger partial charge in [-0.2, -0.15) is 0 Å². The van der Waals surface area contributed by atoms with Crippen molar-refractivity contribution in [3.8, 4) is 11.1 Å². The van der Waals surface area contributed by atoms with Crippen LogP contribution >= 0.6 is 0 Å². The van der Waals surface area contributed by atoms with Crippen molar-refractivity contribution >= 4 is 17.8 Å². The van der Waals surface area contributed by atoms with E-state index in [9.17, 15) is 14.4 Å². The molecule has 0 bridgehead atoms. The van der Waals surface area contributed by atoms with Crippen molar-refractivity contribution in [3.05, 3.63) is 60.2 Å². The SMILES string of the molecule is CC(C)CC[C@]1(C)NC(=O)N(CC(=O)N[C@@H](C)c2ccc(-c3ccccc3)cc2)C1=O. The molecule has 0 saturated carbocycles. The molecule has 164 valence electrons. The third kappa shape index (κ3) is 5.32. The molecule has 4 amide bonds. The molecule has 0 unspecified atom stereocenters. The standard InChI is InChI=1S/C25H31N3O3/c1-17(2)14-15-25(4)23(30)28(24(31)27-25)16-22(29)26-18(3)19-10-12-21(13-11-19)20-8-6-5-7-9-20/h5-13,17-18H,14-16H2,1-4H3,(H,26,29)(H,27,31)/t18-,25-/m0/s1. The van der Waals surface area contributed by atoms with Gasteiger partial charge in [0.15, 0.2) is 0 Å². The predicted molar refractivity (Wildman–Crippen MR) is 121 cm³/mol. The van der Waals surface area contributed by atoms with E-state index in [1.165, 1.54) is 0 Å². The van der Waals surface area contributed by atoms with Crippen molar-refractivity contribution in [1.82, 2.24) is 15.5 Å². The van der Waals surface area contributed by atoms with Gasteiger partial charge in [0.1, 0.15) is 12.1 Å². The topological polar surface area (TPSA) is 78.5 Å². The zero-order valence-corrected chi connectivity index (χ0v) is 18.6. The summed E-state index contributed by atoms with van der Waals surface area (Å²) in [6.45, 7) is 7.47. The summed E-state index contributed by atoms with van der Waals surface area (Å²) >= 11 is 0. The highest BCUT2D eigenvalue weighted by atomic mass is 16.2. The molecule has 1 fully saturated rings. The van der Waals surface area contributed by atoms with Crippen molar-refractivity contribution < 1.29 is 14.4 Å². The number of urea groups is 1. The Morgan fingerprint density at radius 3 is 2.23 bits per heavy atom. The average molecular weight is 422 g/mol. The Bertz CT molecular complexity index is 940. The molecule has 3 rings (SSSR count). The van der Waals surface area contributed by atoms with Crippen molar-refractivity contribution in [3.63, 3.8) is 0 Å². The molecule has 31 heavy (non-hydrogen) atoms. The van der Waals surface area contributed by atoms with E-state index in [1.54, 1.807) is 6.92 Å². The summed E-state index contributed by atoms with van der Waals surface area (Å²) in [5.41, 5.74) is 2.24. The summed E-state index contributed by atoms with van der Waals surface area (Å²) < 4.78 is 0. The number of carbonyl (C=O) groups is 3. The average Bonchev–Trinajstić information content (AvgIpc) is 2.96. The third-order valence-corrected chi connectivity index (χ3v) is 5.76. The molecule has 2 aromatic rings. The van der Waals surface area contributed by atoms with Gasteiger partial charge in [-0.3, -0.25) is 14.5 Å². The monoisotopic (exact) mass is 421 g/mol. The van der Waals surface area contributed by atoms with E-state index in [0.29, 0.717) is 12.3 Å². The lowest BCUT2D eigenvalue weighted by Gasteiger charge is -2.22. The molecule has 2 N–H and O–H groups in total. The predicted octanol–water partition coefficient (Wildman–Crippen LogP) is 4.28. The number of nitrogens with zero attached hydrogens (tertiary/aromatic N) is 1. The van der Waals surface area contributed by atoms with Gasteiger partial charge in [-0.1, -0.05) is 68.4 Å². The van der Waals surface area contributed by atoms with Crippen LogP contribution < -0.4 is 10.6 Å². The number of nitrogens with one attached hydrogen (secondary N) is 2. The second-order valence-electron chi connectivity index (χ2n) is 8.86. The second kappa shape index (κ2) is 9.33. The van der Waals surface area contributed by atoms with E-state index in [-0.39, 0.29) is 24.4 Å². The largest absolute Gasteiger partial charge is 0.348 e. The lowest BCUT2D eigenvalue weighted by Crippen LogP contribution is -2.45. The van der Waals surface area contributed by atoms with Crippen molar-refractivity contribution in [2.75, 3.05) is 6.54 Å². The van der Waals surface area contributed by atoms with Gasteiger partial charge in [-0.05, 0) is 49.3 Å². The van der Waals surface area contributed by atoms with E-state index in [0.717, 1.165) is 28.0 Å². The van der Waals surface area contributed by atoms with Gasteiger partial charge in [0.05, 0.1) is 6.04 Å². The molecule has 0 aromatic heterocycles. The fraction of sp³-hybridized carbons (Fsp3) is 0.400. The minimum absolute atomic E-state index is 0.245. The molecule has 1 aliphatic rings. The maximum atomic E-state index is 12.8. The summed E-state index contributed by atoms with van der Waals surface area (Å²) in [7, 11) is 0. The van der Waals surface area contributed by atoms with E-state index in [1.807, 2.05) is 61.5 Å². The van der Waals surface area contributed by atoms with Gasteiger partial charge < -0.3 is 10.6 Å². The van der Waals surface area contributed by atoms with Crippen LogP contribution in [0.15, 0.2) is 54.6 Å². The van der Waals surface area contributed by atoms with Crippen LogP contribution in [0.25, 0.3) is 11.1 Å². The lowest BCUT2D eigenvalue weighted by molar-refractivity contribution is -0.135. The van der Waals surface area contributed by atoms with Gasteiger partial charge in [0.25, 0.3) is 5.91 Å². The number of hydrogen-bond donors (Lipinski definition) is 2. The van der Waals surface area contributed by atoms with Gasteiger partial charge in [-0.15, -0.1) is 0 Å². The molecule has 1 heterocycles. The van der Waals surface area contributed by atoms with Crippen LogP contribution in [0, 0.1) is 5.92 Å². The van der Waals surface area contributed by atoms with Gasteiger partial charge in [0.2, 0.25) is 5.91 Å². The quantitative estimate of drug-likeness (QED) is 0.625. The summed E-state index contributed by atoms with van der Waals surface area (Å²) in [5, 5.41) is 5.64. The number of carbonyl (C=O) groups excluding carboxylic acids is 3. The minimum Gasteiger partial charge on any atom is -0.348 e. The van der Waals surface area contributed by atoms with Gasteiger partial charge in [-0.25, -0.2) is 4.79 Å². The smallest absolute Gasteiger partial charge is 0.325 e. The summed E-state index contributed by atoms with van der Waals surface area (Å²) in [4.78, 5) is 38.7. The maximum Gasteiger partial charge on any atom is 0.325 e. The number of imide groups is 1. The Balaban J connectivity index is 1.59. The van der Waals surface area contributed by atoms with Crippen LogP contribution in [0.5, 0.6) is 0 Å². The summed E-state index contributed by atoms with van der Waals surface area (Å²) in [6.07, 6.45) is 1.37. The zero-order chi connectivity index (χ0) is 22.6. The molecule has 1 saturated heterocycles.